The maximum Gasteiger partial charge on any atom is 0.199 e. The molecule has 0 fully saturated rings. The molecule has 140 valence electrons. The Hall–Kier alpha value is -4.12. The molecule has 0 aliphatic heterocycles. The fourth-order valence-corrected chi connectivity index (χ4v) is 3.51. The Morgan fingerprint density at radius 2 is 1.55 bits per heavy atom. The van der Waals surface area contributed by atoms with Crippen molar-refractivity contribution in [3.63, 3.8) is 0 Å². The van der Waals surface area contributed by atoms with E-state index in [1.165, 1.54) is 0 Å². The first-order chi connectivity index (χ1) is 14.2. The van der Waals surface area contributed by atoms with E-state index < -0.39 is 0 Å². The fraction of sp³-hybridized carbons (Fsp3) is 0. The number of H-pyrrole nitrogens is 1. The average Bonchev–Trinajstić information content (AvgIpc) is 3.08. The van der Waals surface area contributed by atoms with Gasteiger partial charge >= 0.3 is 0 Å². The molecule has 29 heavy (non-hydrogen) atoms. The van der Waals surface area contributed by atoms with Gasteiger partial charge in [-0.3, -0.25) is 4.99 Å². The molecule has 2 heterocycles. The molecule has 0 spiro atoms. The van der Waals surface area contributed by atoms with Crippen molar-refractivity contribution < 1.29 is 10.2 Å². The standard InChI is InChI=1S/C24H17N3O2/c28-22-11-10-21(17-8-4-5-9-18(17)22)25-14-20-19-12-16(15-6-2-1-3-7-15)13-26-23(19)27-24(20)29/h1-14,28-29H,(H,26,27). The maximum absolute atomic E-state index is 10.4. The Morgan fingerprint density at radius 3 is 2.38 bits per heavy atom. The predicted octanol–water partition coefficient (Wildman–Crippen LogP) is 5.54. The van der Waals surface area contributed by atoms with Gasteiger partial charge in [-0.05, 0) is 23.8 Å². The second kappa shape index (κ2) is 6.80. The van der Waals surface area contributed by atoms with Gasteiger partial charge in [0.05, 0.1) is 11.3 Å². The highest BCUT2D eigenvalue weighted by atomic mass is 16.3. The number of phenols is 1. The first kappa shape index (κ1) is 17.0. The average molecular weight is 379 g/mol. The van der Waals surface area contributed by atoms with E-state index in [0.29, 0.717) is 16.9 Å². The zero-order valence-corrected chi connectivity index (χ0v) is 15.4. The van der Waals surface area contributed by atoms with Crippen LogP contribution in [-0.2, 0) is 0 Å². The molecule has 0 unspecified atom stereocenters. The number of aromatic amines is 1. The smallest absolute Gasteiger partial charge is 0.199 e. The third kappa shape index (κ3) is 2.99. The van der Waals surface area contributed by atoms with Crippen molar-refractivity contribution in [1.29, 1.82) is 0 Å². The van der Waals surface area contributed by atoms with Gasteiger partial charge in [-0.25, -0.2) is 4.98 Å². The summed E-state index contributed by atoms with van der Waals surface area (Å²) >= 11 is 0. The Bertz CT molecular complexity index is 1370. The topological polar surface area (TPSA) is 81.5 Å². The van der Waals surface area contributed by atoms with Gasteiger partial charge in [0, 0.05) is 34.1 Å². The highest BCUT2D eigenvalue weighted by Crippen LogP contribution is 2.33. The summed E-state index contributed by atoms with van der Waals surface area (Å²) in [6.07, 6.45) is 3.41. The van der Waals surface area contributed by atoms with Crippen LogP contribution in [0.4, 0.5) is 5.69 Å². The van der Waals surface area contributed by atoms with Crippen LogP contribution in [0.3, 0.4) is 0 Å². The number of nitrogens with one attached hydrogen (secondary N) is 1. The Balaban J connectivity index is 1.62. The minimum Gasteiger partial charge on any atom is -0.507 e. The summed E-state index contributed by atoms with van der Waals surface area (Å²) in [7, 11) is 0. The molecular weight excluding hydrogens is 362 g/mol. The quantitative estimate of drug-likeness (QED) is 0.360. The van der Waals surface area contributed by atoms with E-state index in [2.05, 4.69) is 15.0 Å². The van der Waals surface area contributed by atoms with Crippen molar-refractivity contribution in [3.05, 3.63) is 84.6 Å². The van der Waals surface area contributed by atoms with Crippen molar-refractivity contribution in [2.75, 3.05) is 0 Å². The van der Waals surface area contributed by atoms with Crippen LogP contribution in [0.15, 0.2) is 84.0 Å². The number of hydrogen-bond donors (Lipinski definition) is 3. The van der Waals surface area contributed by atoms with Gasteiger partial charge in [0.1, 0.15) is 11.4 Å². The molecule has 5 nitrogen and oxygen atoms in total. The van der Waals surface area contributed by atoms with Crippen LogP contribution < -0.4 is 0 Å². The first-order valence-corrected chi connectivity index (χ1v) is 9.21. The molecule has 0 atom stereocenters. The number of aliphatic imine (C=N–C) groups is 1. The summed E-state index contributed by atoms with van der Waals surface area (Å²) in [5.41, 5.74) is 3.89. The van der Waals surface area contributed by atoms with Crippen molar-refractivity contribution in [3.8, 4) is 22.8 Å². The highest BCUT2D eigenvalue weighted by molar-refractivity contribution is 6.04. The second-order valence-corrected chi connectivity index (χ2v) is 6.78. The fourth-order valence-electron chi connectivity index (χ4n) is 3.51. The number of aromatic hydroxyl groups is 2. The van der Waals surface area contributed by atoms with Gasteiger partial charge in [0.25, 0.3) is 0 Å². The van der Waals surface area contributed by atoms with E-state index in [-0.39, 0.29) is 11.6 Å². The lowest BCUT2D eigenvalue weighted by molar-refractivity contribution is 0.457. The van der Waals surface area contributed by atoms with E-state index in [0.717, 1.165) is 27.3 Å². The molecule has 0 aliphatic carbocycles. The summed E-state index contributed by atoms with van der Waals surface area (Å²) < 4.78 is 0. The molecule has 0 radical (unpaired) electrons. The molecule has 0 saturated carbocycles. The third-order valence-corrected chi connectivity index (χ3v) is 4.99. The summed E-state index contributed by atoms with van der Waals surface area (Å²) in [4.78, 5) is 11.9. The highest BCUT2D eigenvalue weighted by Gasteiger charge is 2.12. The van der Waals surface area contributed by atoms with E-state index in [1.54, 1.807) is 24.5 Å². The molecule has 0 aliphatic rings. The van der Waals surface area contributed by atoms with Crippen LogP contribution >= 0.6 is 0 Å². The molecule has 0 saturated heterocycles. The van der Waals surface area contributed by atoms with Crippen LogP contribution in [0.2, 0.25) is 0 Å². The van der Waals surface area contributed by atoms with Crippen LogP contribution in [0.5, 0.6) is 11.6 Å². The zero-order valence-electron chi connectivity index (χ0n) is 15.4. The Morgan fingerprint density at radius 1 is 0.793 bits per heavy atom. The van der Waals surface area contributed by atoms with Gasteiger partial charge in [-0.1, -0.05) is 54.6 Å². The van der Waals surface area contributed by atoms with Crippen molar-refractivity contribution in [2.45, 2.75) is 0 Å². The van der Waals surface area contributed by atoms with E-state index in [9.17, 15) is 10.2 Å². The zero-order chi connectivity index (χ0) is 19.8. The van der Waals surface area contributed by atoms with Crippen LogP contribution in [0.1, 0.15) is 5.56 Å². The molecular formula is C24H17N3O2. The number of phenolic OH excluding ortho intramolecular Hbond substituents is 1. The monoisotopic (exact) mass is 379 g/mol. The molecule has 2 aromatic heterocycles. The number of hydrogen-bond acceptors (Lipinski definition) is 4. The lowest BCUT2D eigenvalue weighted by Gasteiger charge is -2.04. The SMILES string of the molecule is Oc1[nH]c2ncc(-c3ccccc3)cc2c1C=Nc1ccc(O)c2ccccc12. The van der Waals surface area contributed by atoms with Gasteiger partial charge in [-0.2, -0.15) is 0 Å². The van der Waals surface area contributed by atoms with E-state index in [1.807, 2.05) is 60.7 Å². The first-order valence-electron chi connectivity index (χ1n) is 9.21. The number of pyridine rings is 1. The maximum atomic E-state index is 10.4. The van der Waals surface area contributed by atoms with Crippen LogP contribution in [-0.4, -0.2) is 26.4 Å². The number of rotatable bonds is 3. The lowest BCUT2D eigenvalue weighted by Crippen LogP contribution is -1.84. The van der Waals surface area contributed by atoms with Crippen molar-refractivity contribution in [1.82, 2.24) is 9.97 Å². The normalized spacial score (nSPS) is 11.6. The summed E-state index contributed by atoms with van der Waals surface area (Å²) in [6.45, 7) is 0. The van der Waals surface area contributed by atoms with Gasteiger partial charge in [-0.15, -0.1) is 0 Å². The van der Waals surface area contributed by atoms with Gasteiger partial charge < -0.3 is 15.2 Å². The summed E-state index contributed by atoms with van der Waals surface area (Å²) in [5.74, 6) is 0.232. The van der Waals surface area contributed by atoms with Gasteiger partial charge in [0.15, 0.2) is 5.88 Å². The number of aromatic nitrogens is 2. The largest absolute Gasteiger partial charge is 0.507 e. The molecule has 3 aromatic carbocycles. The second-order valence-electron chi connectivity index (χ2n) is 6.78. The molecule has 0 amide bonds. The molecule has 5 aromatic rings. The summed E-state index contributed by atoms with van der Waals surface area (Å²) in [5, 5.41) is 22.8. The van der Waals surface area contributed by atoms with Gasteiger partial charge in [0.2, 0.25) is 0 Å². The van der Waals surface area contributed by atoms with Crippen LogP contribution in [0.25, 0.3) is 32.9 Å². The Labute approximate surface area is 166 Å². The minimum absolute atomic E-state index is 0.0181. The predicted molar refractivity (Wildman–Crippen MR) is 116 cm³/mol. The molecule has 5 heteroatoms. The number of benzene rings is 3. The third-order valence-electron chi connectivity index (χ3n) is 4.99. The molecule has 0 bridgehead atoms. The number of fused-ring (bicyclic) bond motifs is 2. The van der Waals surface area contributed by atoms with E-state index in [4.69, 9.17) is 0 Å². The minimum atomic E-state index is 0.0181. The molecule has 3 N–H and O–H groups in total. The number of nitrogens with zero attached hydrogens (tertiary/aromatic N) is 2. The summed E-state index contributed by atoms with van der Waals surface area (Å²) in [6, 6.07) is 22.9. The van der Waals surface area contributed by atoms with E-state index >= 15 is 0 Å². The lowest BCUT2D eigenvalue weighted by atomic mass is 10.1. The van der Waals surface area contributed by atoms with Crippen molar-refractivity contribution >= 4 is 33.7 Å². The molecule has 5 rings (SSSR count). The van der Waals surface area contributed by atoms with Crippen LogP contribution in [0, 0.1) is 0 Å². The van der Waals surface area contributed by atoms with Crippen molar-refractivity contribution in [2.24, 2.45) is 4.99 Å². The Kier molecular flexibility index (Phi) is 3.99.